The van der Waals surface area contributed by atoms with E-state index in [1.165, 1.54) is 21.5 Å². The minimum atomic E-state index is 0.618. The van der Waals surface area contributed by atoms with Crippen molar-refractivity contribution in [1.82, 2.24) is 15.0 Å². The predicted molar refractivity (Wildman–Crippen MR) is 219 cm³/mol. The minimum Gasteiger partial charge on any atom is -0.456 e. The van der Waals surface area contributed by atoms with Crippen LogP contribution >= 0.6 is 0 Å². The molecule has 0 aliphatic rings. The zero-order chi connectivity index (χ0) is 34.9. The molecular formula is C49H29N3O. The lowest BCUT2D eigenvalue weighted by Gasteiger charge is -2.15. The van der Waals surface area contributed by atoms with E-state index >= 15 is 0 Å². The monoisotopic (exact) mass is 675 g/mol. The molecule has 0 atom stereocenters. The number of rotatable bonds is 4. The van der Waals surface area contributed by atoms with E-state index in [0.717, 1.165) is 71.3 Å². The SMILES string of the molecule is c1ccc(-c2nc(-c3cc(-c4cccc5oc6ccccc6c45)c4ccccc4c3)nc(-c3cc4ccc5ccccc5c4c4ccccc34)n2)cc1. The highest BCUT2D eigenvalue weighted by Gasteiger charge is 2.20. The number of para-hydroxylation sites is 1. The lowest BCUT2D eigenvalue weighted by molar-refractivity contribution is 0.669. The van der Waals surface area contributed by atoms with Gasteiger partial charge in [-0.05, 0) is 84.5 Å². The Morgan fingerprint density at radius 1 is 0.302 bits per heavy atom. The molecule has 0 fully saturated rings. The summed E-state index contributed by atoms with van der Waals surface area (Å²) in [7, 11) is 0. The van der Waals surface area contributed by atoms with Gasteiger partial charge in [0, 0.05) is 27.5 Å². The number of hydrogen-bond acceptors (Lipinski definition) is 4. The first kappa shape index (κ1) is 29.5. The van der Waals surface area contributed by atoms with Gasteiger partial charge < -0.3 is 4.42 Å². The summed E-state index contributed by atoms with van der Waals surface area (Å²) in [6.07, 6.45) is 0. The van der Waals surface area contributed by atoms with E-state index in [1.54, 1.807) is 0 Å². The summed E-state index contributed by atoms with van der Waals surface area (Å²) >= 11 is 0. The third kappa shape index (κ3) is 4.73. The van der Waals surface area contributed by atoms with Crippen molar-refractivity contribution in [2.75, 3.05) is 0 Å². The maximum Gasteiger partial charge on any atom is 0.164 e. The van der Waals surface area contributed by atoms with Crippen molar-refractivity contribution in [3.05, 3.63) is 176 Å². The van der Waals surface area contributed by atoms with E-state index < -0.39 is 0 Å². The third-order valence-electron chi connectivity index (χ3n) is 10.5. The highest BCUT2D eigenvalue weighted by atomic mass is 16.3. The average Bonchev–Trinajstić information content (AvgIpc) is 3.62. The largest absolute Gasteiger partial charge is 0.456 e. The number of nitrogens with zero attached hydrogens (tertiary/aromatic N) is 3. The van der Waals surface area contributed by atoms with Gasteiger partial charge in [0.1, 0.15) is 11.2 Å². The molecule has 4 nitrogen and oxygen atoms in total. The minimum absolute atomic E-state index is 0.618. The number of benzene rings is 9. The van der Waals surface area contributed by atoms with Crippen LogP contribution in [0.25, 0.3) is 110 Å². The molecule has 0 spiro atoms. The molecule has 0 saturated heterocycles. The lowest BCUT2D eigenvalue weighted by atomic mass is 9.92. The second-order valence-electron chi connectivity index (χ2n) is 13.5. The molecule has 0 saturated carbocycles. The first-order valence-electron chi connectivity index (χ1n) is 17.9. The number of hydrogen-bond donors (Lipinski definition) is 0. The molecule has 0 N–H and O–H groups in total. The Morgan fingerprint density at radius 3 is 1.77 bits per heavy atom. The van der Waals surface area contributed by atoms with Crippen LogP contribution < -0.4 is 0 Å². The predicted octanol–water partition coefficient (Wildman–Crippen LogP) is 13.1. The van der Waals surface area contributed by atoms with Gasteiger partial charge in [-0.15, -0.1) is 0 Å². The number of aromatic nitrogens is 3. The highest BCUT2D eigenvalue weighted by Crippen LogP contribution is 2.42. The molecular weight excluding hydrogens is 647 g/mol. The molecule has 246 valence electrons. The van der Waals surface area contributed by atoms with Crippen molar-refractivity contribution in [1.29, 1.82) is 0 Å². The summed E-state index contributed by atoms with van der Waals surface area (Å²) in [5.74, 6) is 1.89. The molecule has 2 heterocycles. The van der Waals surface area contributed by atoms with Crippen LogP contribution in [-0.2, 0) is 0 Å². The van der Waals surface area contributed by atoms with Gasteiger partial charge in [-0.2, -0.15) is 0 Å². The fourth-order valence-electron chi connectivity index (χ4n) is 8.07. The van der Waals surface area contributed by atoms with Crippen LogP contribution in [0, 0.1) is 0 Å². The summed E-state index contributed by atoms with van der Waals surface area (Å²) in [6, 6.07) is 61.6. The van der Waals surface area contributed by atoms with Crippen LogP contribution in [0.15, 0.2) is 180 Å². The van der Waals surface area contributed by atoms with Crippen LogP contribution in [-0.4, -0.2) is 15.0 Å². The van der Waals surface area contributed by atoms with E-state index in [0.29, 0.717) is 17.5 Å². The van der Waals surface area contributed by atoms with Gasteiger partial charge in [-0.1, -0.05) is 146 Å². The van der Waals surface area contributed by atoms with Gasteiger partial charge in [-0.3, -0.25) is 0 Å². The van der Waals surface area contributed by atoms with Crippen LogP contribution in [0.4, 0.5) is 0 Å². The van der Waals surface area contributed by atoms with Gasteiger partial charge >= 0.3 is 0 Å². The Bertz CT molecular complexity index is 3240. The zero-order valence-corrected chi connectivity index (χ0v) is 28.5. The fourth-order valence-corrected chi connectivity index (χ4v) is 8.07. The van der Waals surface area contributed by atoms with Crippen molar-refractivity contribution in [2.24, 2.45) is 0 Å². The second kappa shape index (κ2) is 11.7. The Kier molecular flexibility index (Phi) is 6.52. The smallest absolute Gasteiger partial charge is 0.164 e. The van der Waals surface area contributed by atoms with Gasteiger partial charge in [0.25, 0.3) is 0 Å². The summed E-state index contributed by atoms with van der Waals surface area (Å²) in [6.45, 7) is 0. The van der Waals surface area contributed by atoms with Crippen LogP contribution in [0.5, 0.6) is 0 Å². The summed E-state index contributed by atoms with van der Waals surface area (Å²) in [4.78, 5) is 15.7. The average molecular weight is 676 g/mol. The first-order chi connectivity index (χ1) is 26.3. The lowest BCUT2D eigenvalue weighted by Crippen LogP contribution is -2.01. The van der Waals surface area contributed by atoms with Gasteiger partial charge in [0.05, 0.1) is 0 Å². The van der Waals surface area contributed by atoms with E-state index in [9.17, 15) is 0 Å². The Hall–Kier alpha value is -7.17. The third-order valence-corrected chi connectivity index (χ3v) is 10.5. The Morgan fingerprint density at radius 2 is 0.925 bits per heavy atom. The molecule has 0 radical (unpaired) electrons. The van der Waals surface area contributed by atoms with Gasteiger partial charge in [-0.25, -0.2) is 15.0 Å². The molecule has 0 bridgehead atoms. The number of fused-ring (bicyclic) bond motifs is 9. The molecule has 4 heteroatoms. The van der Waals surface area contributed by atoms with Crippen molar-refractivity contribution < 1.29 is 4.42 Å². The summed E-state index contributed by atoms with van der Waals surface area (Å²) in [5.41, 5.74) is 6.77. The highest BCUT2D eigenvalue weighted by molar-refractivity contribution is 6.23. The molecule has 0 amide bonds. The molecule has 0 aliphatic carbocycles. The van der Waals surface area contributed by atoms with E-state index in [4.69, 9.17) is 19.4 Å². The fraction of sp³-hybridized carbons (Fsp3) is 0. The topological polar surface area (TPSA) is 51.8 Å². The molecule has 9 aromatic carbocycles. The second-order valence-corrected chi connectivity index (χ2v) is 13.5. The zero-order valence-electron chi connectivity index (χ0n) is 28.5. The molecule has 11 rings (SSSR count). The maximum atomic E-state index is 6.33. The standard InChI is InChI=1S/C49H29N3O/c1-2-14-31(15-3-1)47-50-48(52-49(51-47)42-28-33-26-25-30-13-4-7-18-36(30)45(33)38-20-9-8-19-37(38)42)34-27-32-16-5-6-17-35(32)41(29-34)39-22-12-24-44-46(39)40-21-10-11-23-43(40)53-44/h1-29H. The van der Waals surface area contributed by atoms with E-state index in [1.807, 2.05) is 36.4 Å². The van der Waals surface area contributed by atoms with Crippen molar-refractivity contribution >= 4 is 65.0 Å². The summed E-state index contributed by atoms with van der Waals surface area (Å²) < 4.78 is 6.33. The van der Waals surface area contributed by atoms with Crippen LogP contribution in [0.3, 0.4) is 0 Å². The van der Waals surface area contributed by atoms with E-state index in [-0.39, 0.29) is 0 Å². The molecule has 53 heavy (non-hydrogen) atoms. The van der Waals surface area contributed by atoms with Gasteiger partial charge in [0.15, 0.2) is 17.5 Å². The quantitative estimate of drug-likeness (QED) is 0.174. The first-order valence-corrected chi connectivity index (χ1v) is 17.9. The van der Waals surface area contributed by atoms with Crippen molar-refractivity contribution in [2.45, 2.75) is 0 Å². The number of furan rings is 1. The Balaban J connectivity index is 1.20. The normalized spacial score (nSPS) is 11.8. The summed E-state index contributed by atoms with van der Waals surface area (Å²) in [5, 5.41) is 11.6. The van der Waals surface area contributed by atoms with Crippen LogP contribution in [0.2, 0.25) is 0 Å². The maximum absolute atomic E-state index is 6.33. The van der Waals surface area contributed by atoms with Crippen molar-refractivity contribution in [3.63, 3.8) is 0 Å². The van der Waals surface area contributed by atoms with Crippen molar-refractivity contribution in [3.8, 4) is 45.3 Å². The van der Waals surface area contributed by atoms with Gasteiger partial charge in [0.2, 0.25) is 0 Å². The molecule has 0 aliphatic heterocycles. The van der Waals surface area contributed by atoms with Crippen LogP contribution in [0.1, 0.15) is 0 Å². The Labute approximate surface area is 304 Å². The molecule has 11 aromatic rings. The molecule has 2 aromatic heterocycles. The molecule has 0 unspecified atom stereocenters. The van der Waals surface area contributed by atoms with E-state index in [2.05, 4.69) is 140 Å².